The molecule has 1 N–H and O–H groups in total. The summed E-state index contributed by atoms with van der Waals surface area (Å²) in [7, 11) is 1.76. The number of aromatic nitrogens is 2. The zero-order valence-corrected chi connectivity index (χ0v) is 15.7. The minimum absolute atomic E-state index is 0.108. The number of halogens is 1. The Kier molecular flexibility index (Phi) is 5.75. The molecule has 0 saturated heterocycles. The third kappa shape index (κ3) is 4.61. The van der Waals surface area contributed by atoms with Crippen molar-refractivity contribution < 1.29 is 9.59 Å². The number of fused-ring (bicyclic) bond motifs is 1. The molecule has 2 aromatic heterocycles. The van der Waals surface area contributed by atoms with Crippen molar-refractivity contribution in [3.63, 3.8) is 0 Å². The molecule has 6 nitrogen and oxygen atoms in total. The summed E-state index contributed by atoms with van der Waals surface area (Å²) in [6.45, 7) is 1.99. The van der Waals surface area contributed by atoms with Gasteiger partial charge >= 0.3 is 0 Å². The van der Waals surface area contributed by atoms with Gasteiger partial charge in [-0.15, -0.1) is 11.3 Å². The summed E-state index contributed by atoms with van der Waals surface area (Å²) in [5.41, 5.74) is 1.98. The Morgan fingerprint density at radius 3 is 3.04 bits per heavy atom. The van der Waals surface area contributed by atoms with Crippen molar-refractivity contribution in [1.29, 1.82) is 0 Å². The molecule has 8 heteroatoms. The molecule has 134 valence electrons. The molecule has 1 aliphatic heterocycles. The van der Waals surface area contributed by atoms with Crippen molar-refractivity contribution in [2.45, 2.75) is 32.2 Å². The van der Waals surface area contributed by atoms with Crippen LogP contribution in [0.15, 0.2) is 17.6 Å². The third-order valence-electron chi connectivity index (χ3n) is 4.25. The van der Waals surface area contributed by atoms with Gasteiger partial charge in [-0.05, 0) is 29.9 Å². The number of hydrogen-bond acceptors (Lipinski definition) is 4. The second kappa shape index (κ2) is 8.01. The summed E-state index contributed by atoms with van der Waals surface area (Å²) in [5, 5.41) is 9.27. The van der Waals surface area contributed by atoms with Crippen LogP contribution in [-0.4, -0.2) is 39.6 Å². The van der Waals surface area contributed by atoms with Gasteiger partial charge in [0.1, 0.15) is 0 Å². The second-order valence-corrected chi connectivity index (χ2v) is 7.54. The number of rotatable bonds is 6. The van der Waals surface area contributed by atoms with Gasteiger partial charge in [-0.1, -0.05) is 11.6 Å². The zero-order chi connectivity index (χ0) is 17.8. The molecule has 0 spiro atoms. The minimum atomic E-state index is -0.108. The Labute approximate surface area is 155 Å². The summed E-state index contributed by atoms with van der Waals surface area (Å²) in [5.74, 6) is 0.0460. The van der Waals surface area contributed by atoms with E-state index in [0.717, 1.165) is 13.0 Å². The molecular weight excluding hydrogens is 360 g/mol. The van der Waals surface area contributed by atoms with Crippen molar-refractivity contribution in [2.75, 3.05) is 13.1 Å². The fraction of sp³-hybridized carbons (Fsp3) is 0.471. The average Bonchev–Trinajstić information content (AvgIpc) is 3.16. The van der Waals surface area contributed by atoms with Crippen molar-refractivity contribution >= 4 is 34.8 Å². The molecule has 0 fully saturated rings. The molecule has 3 rings (SSSR count). The van der Waals surface area contributed by atoms with Crippen molar-refractivity contribution in [1.82, 2.24) is 20.0 Å². The molecule has 0 radical (unpaired) electrons. The van der Waals surface area contributed by atoms with Crippen molar-refractivity contribution in [3.8, 4) is 0 Å². The molecule has 3 heterocycles. The maximum Gasteiger partial charge on any atom is 0.224 e. The van der Waals surface area contributed by atoms with Crippen LogP contribution in [0.4, 0.5) is 0 Å². The minimum Gasteiger partial charge on any atom is -0.356 e. The predicted octanol–water partition coefficient (Wildman–Crippen LogP) is 2.16. The summed E-state index contributed by atoms with van der Waals surface area (Å²) in [4.78, 5) is 27.5. The fourth-order valence-electron chi connectivity index (χ4n) is 2.95. The smallest absolute Gasteiger partial charge is 0.224 e. The molecule has 2 amide bonds. The molecule has 0 bridgehead atoms. The van der Waals surface area contributed by atoms with Gasteiger partial charge in [0.2, 0.25) is 11.8 Å². The van der Waals surface area contributed by atoms with Gasteiger partial charge in [0.25, 0.3) is 0 Å². The van der Waals surface area contributed by atoms with Crippen LogP contribution in [0.3, 0.4) is 0 Å². The number of amides is 2. The predicted molar refractivity (Wildman–Crippen MR) is 97.6 cm³/mol. The Bertz CT molecular complexity index is 771. The third-order valence-corrected chi connectivity index (χ3v) is 5.60. The van der Waals surface area contributed by atoms with E-state index >= 15 is 0 Å². The Hall–Kier alpha value is -1.86. The largest absolute Gasteiger partial charge is 0.356 e. The first-order chi connectivity index (χ1) is 12.0. The van der Waals surface area contributed by atoms with Crippen LogP contribution in [0.25, 0.3) is 0 Å². The lowest BCUT2D eigenvalue weighted by Crippen LogP contribution is -2.35. The Morgan fingerprint density at radius 1 is 1.44 bits per heavy atom. The fourth-order valence-corrected chi connectivity index (χ4v) is 4.08. The number of thiophene rings is 1. The maximum atomic E-state index is 12.3. The lowest BCUT2D eigenvalue weighted by molar-refractivity contribution is -0.132. The molecule has 1 aliphatic rings. The van der Waals surface area contributed by atoms with Gasteiger partial charge < -0.3 is 10.2 Å². The van der Waals surface area contributed by atoms with Gasteiger partial charge in [0.15, 0.2) is 5.15 Å². The normalized spacial score (nSPS) is 13.6. The van der Waals surface area contributed by atoms with Crippen LogP contribution in [0.1, 0.15) is 28.8 Å². The molecule has 0 saturated carbocycles. The molecule has 2 aromatic rings. The summed E-state index contributed by atoms with van der Waals surface area (Å²) in [6.07, 6.45) is 3.97. The van der Waals surface area contributed by atoms with Crippen LogP contribution >= 0.6 is 22.9 Å². The first kappa shape index (κ1) is 17.9. The molecule has 25 heavy (non-hydrogen) atoms. The number of nitrogens with one attached hydrogen (secondary N) is 1. The van der Waals surface area contributed by atoms with Crippen LogP contribution in [-0.2, 0) is 36.0 Å². The maximum absolute atomic E-state index is 12.3. The highest BCUT2D eigenvalue weighted by atomic mass is 35.5. The van der Waals surface area contributed by atoms with Gasteiger partial charge in [-0.3, -0.25) is 14.3 Å². The van der Waals surface area contributed by atoms with Crippen molar-refractivity contribution in [3.05, 3.63) is 38.8 Å². The lowest BCUT2D eigenvalue weighted by Gasteiger charge is -2.27. The quantitative estimate of drug-likeness (QED) is 0.781. The molecule has 0 aromatic carbocycles. The van der Waals surface area contributed by atoms with Crippen LogP contribution in [0, 0.1) is 0 Å². The van der Waals surface area contributed by atoms with Gasteiger partial charge in [0, 0.05) is 49.7 Å². The number of carbonyl (C=O) groups excluding carboxylic acids is 2. The summed E-state index contributed by atoms with van der Waals surface area (Å²) in [6, 6.07) is 2.10. The van der Waals surface area contributed by atoms with E-state index in [0.29, 0.717) is 36.6 Å². The van der Waals surface area contributed by atoms with E-state index in [1.165, 1.54) is 10.4 Å². The number of nitrogens with zero attached hydrogens (tertiary/aromatic N) is 3. The van der Waals surface area contributed by atoms with Crippen molar-refractivity contribution in [2.24, 2.45) is 7.05 Å². The standard InChI is InChI=1S/C17H21ClN4O2S/c1-21-10-13(17(18)20-21)9-15(23)19-6-2-3-16(24)22-7-4-14-12(11-22)5-8-25-14/h5,8,10H,2-4,6-7,9,11H2,1H3,(H,19,23). The number of carbonyl (C=O) groups is 2. The van der Waals surface area contributed by atoms with Crippen LogP contribution < -0.4 is 5.32 Å². The van der Waals surface area contributed by atoms with Crippen LogP contribution in [0.5, 0.6) is 0 Å². The lowest BCUT2D eigenvalue weighted by atomic mass is 10.1. The van der Waals surface area contributed by atoms with Gasteiger partial charge in [-0.2, -0.15) is 5.10 Å². The Morgan fingerprint density at radius 2 is 2.28 bits per heavy atom. The molecule has 0 atom stereocenters. The molecular formula is C17H21ClN4O2S. The monoisotopic (exact) mass is 380 g/mol. The first-order valence-corrected chi connectivity index (χ1v) is 9.56. The van der Waals surface area contributed by atoms with E-state index in [4.69, 9.17) is 11.6 Å². The molecule has 0 aliphatic carbocycles. The number of aryl methyl sites for hydroxylation is 1. The van der Waals surface area contributed by atoms with E-state index in [1.807, 2.05) is 4.90 Å². The van der Waals surface area contributed by atoms with E-state index < -0.39 is 0 Å². The van der Waals surface area contributed by atoms with E-state index in [2.05, 4.69) is 21.9 Å². The highest BCUT2D eigenvalue weighted by molar-refractivity contribution is 7.10. The van der Waals surface area contributed by atoms with E-state index in [1.54, 1.807) is 29.3 Å². The van der Waals surface area contributed by atoms with Gasteiger partial charge in [-0.25, -0.2) is 0 Å². The first-order valence-electron chi connectivity index (χ1n) is 8.30. The molecule has 0 unspecified atom stereocenters. The highest BCUT2D eigenvalue weighted by Crippen LogP contribution is 2.24. The Balaban J connectivity index is 1.36. The highest BCUT2D eigenvalue weighted by Gasteiger charge is 2.21. The van der Waals surface area contributed by atoms with Crippen LogP contribution in [0.2, 0.25) is 5.15 Å². The topological polar surface area (TPSA) is 67.2 Å². The summed E-state index contributed by atoms with van der Waals surface area (Å²) < 4.78 is 1.58. The average molecular weight is 381 g/mol. The van der Waals surface area contributed by atoms with E-state index in [9.17, 15) is 9.59 Å². The summed E-state index contributed by atoms with van der Waals surface area (Å²) >= 11 is 7.71. The van der Waals surface area contributed by atoms with E-state index in [-0.39, 0.29) is 18.2 Å². The zero-order valence-electron chi connectivity index (χ0n) is 14.1. The SMILES string of the molecule is Cn1cc(CC(=O)NCCCC(=O)N2CCc3sccc3C2)c(Cl)n1. The second-order valence-electron chi connectivity index (χ2n) is 6.18. The number of hydrogen-bond donors (Lipinski definition) is 1. The van der Waals surface area contributed by atoms with Gasteiger partial charge in [0.05, 0.1) is 6.42 Å².